The molecule has 7 heteroatoms. The molecule has 4 nitrogen and oxygen atoms in total. The molecule has 0 saturated carbocycles. The first-order chi connectivity index (χ1) is 12.6. The molecule has 0 unspecified atom stereocenters. The summed E-state index contributed by atoms with van der Waals surface area (Å²) in [4.78, 5) is 24.5. The number of hydrogen-bond acceptors (Lipinski definition) is 6. The lowest BCUT2D eigenvalue weighted by Gasteiger charge is -2.03. The molecule has 4 aromatic rings. The third-order valence-corrected chi connectivity index (χ3v) is 7.49. The molecule has 0 radical (unpaired) electrons. The topological polar surface area (TPSA) is 47.8 Å². The Kier molecular flexibility index (Phi) is 3.70. The Hall–Kier alpha value is -2.09. The van der Waals surface area contributed by atoms with Gasteiger partial charge in [0.05, 0.1) is 11.1 Å². The lowest BCUT2D eigenvalue weighted by atomic mass is 10.2. The quantitative estimate of drug-likeness (QED) is 0.467. The van der Waals surface area contributed by atoms with E-state index in [-0.39, 0.29) is 5.56 Å². The van der Waals surface area contributed by atoms with E-state index in [4.69, 9.17) is 9.97 Å². The molecule has 1 aliphatic rings. The van der Waals surface area contributed by atoms with Crippen molar-refractivity contribution in [2.75, 3.05) is 0 Å². The number of aryl methyl sites for hydroxylation is 2. The summed E-state index contributed by atoms with van der Waals surface area (Å²) in [6, 6.07) is 2.09. The van der Waals surface area contributed by atoms with Crippen LogP contribution in [0.5, 0.6) is 0 Å². The van der Waals surface area contributed by atoms with Crippen LogP contribution in [0.4, 0.5) is 0 Å². The van der Waals surface area contributed by atoms with Gasteiger partial charge < -0.3 is 0 Å². The Morgan fingerprint density at radius 3 is 2.92 bits per heavy atom. The number of aromatic nitrogens is 3. The van der Waals surface area contributed by atoms with Gasteiger partial charge in [0.15, 0.2) is 0 Å². The Morgan fingerprint density at radius 1 is 1.23 bits per heavy atom. The summed E-state index contributed by atoms with van der Waals surface area (Å²) in [6.07, 6.45) is 2.90. The minimum absolute atomic E-state index is 0.0903. The Labute approximate surface area is 162 Å². The summed E-state index contributed by atoms with van der Waals surface area (Å²) in [6.45, 7) is 4.75. The molecule has 0 N–H and O–H groups in total. The van der Waals surface area contributed by atoms with Gasteiger partial charge in [-0.3, -0.25) is 9.36 Å². The van der Waals surface area contributed by atoms with Gasteiger partial charge in [0.1, 0.15) is 15.7 Å². The zero-order chi connectivity index (χ0) is 17.8. The molecule has 130 valence electrons. The van der Waals surface area contributed by atoms with Crippen molar-refractivity contribution in [1.29, 1.82) is 0 Å². The van der Waals surface area contributed by atoms with Crippen molar-refractivity contribution in [1.82, 2.24) is 14.5 Å². The van der Waals surface area contributed by atoms with E-state index < -0.39 is 0 Å². The maximum absolute atomic E-state index is 12.9. The van der Waals surface area contributed by atoms with Crippen molar-refractivity contribution >= 4 is 55.9 Å². The molecule has 0 bridgehead atoms. The summed E-state index contributed by atoms with van der Waals surface area (Å²) in [5.41, 5.74) is 4.35. The van der Waals surface area contributed by atoms with E-state index >= 15 is 0 Å². The Morgan fingerprint density at radius 2 is 2.12 bits per heavy atom. The van der Waals surface area contributed by atoms with Crippen LogP contribution in [-0.2, 0) is 6.54 Å². The molecule has 0 spiro atoms. The van der Waals surface area contributed by atoms with Crippen LogP contribution < -0.4 is 5.56 Å². The fraction of sp³-hybridized carbons (Fsp3) is 0.211. The van der Waals surface area contributed by atoms with E-state index in [9.17, 15) is 4.79 Å². The second-order valence-electron chi connectivity index (χ2n) is 6.36. The number of fused-ring (bicyclic) bond motifs is 2. The highest BCUT2D eigenvalue weighted by molar-refractivity contribution is 7.18. The van der Waals surface area contributed by atoms with E-state index in [1.807, 2.05) is 11.5 Å². The van der Waals surface area contributed by atoms with Gasteiger partial charge >= 0.3 is 0 Å². The van der Waals surface area contributed by atoms with Gasteiger partial charge in [-0.2, -0.15) is 11.3 Å². The van der Waals surface area contributed by atoms with Gasteiger partial charge in [-0.25, -0.2) is 9.97 Å². The molecule has 0 atom stereocenters. The predicted octanol–water partition coefficient (Wildman–Crippen LogP) is 5.20. The van der Waals surface area contributed by atoms with E-state index in [1.54, 1.807) is 34.0 Å². The number of nitrogens with zero attached hydrogens (tertiary/aromatic N) is 3. The van der Waals surface area contributed by atoms with Crippen LogP contribution in [-0.4, -0.2) is 14.5 Å². The number of thiophene rings is 2. The van der Waals surface area contributed by atoms with Gasteiger partial charge in [0, 0.05) is 27.7 Å². The zero-order valence-electron chi connectivity index (χ0n) is 14.3. The maximum atomic E-state index is 12.9. The van der Waals surface area contributed by atoms with Crippen LogP contribution in [0, 0.1) is 13.8 Å². The minimum atomic E-state index is 0.0903. The molecular weight excluding hydrogens is 382 g/mol. The van der Waals surface area contributed by atoms with E-state index in [2.05, 4.69) is 35.2 Å². The molecule has 4 aromatic heterocycles. The number of hydrogen-bond donors (Lipinski definition) is 0. The fourth-order valence-corrected chi connectivity index (χ4v) is 5.82. The summed E-state index contributed by atoms with van der Waals surface area (Å²) >= 11 is 4.93. The molecule has 5 rings (SSSR count). The molecule has 0 amide bonds. The van der Waals surface area contributed by atoms with Crippen LogP contribution in [0.1, 0.15) is 28.4 Å². The molecule has 0 aromatic carbocycles. The molecule has 0 aliphatic carbocycles. The monoisotopic (exact) mass is 397 g/mol. The van der Waals surface area contributed by atoms with Crippen molar-refractivity contribution in [3.05, 3.63) is 54.5 Å². The van der Waals surface area contributed by atoms with Gasteiger partial charge in [-0.1, -0.05) is 0 Å². The number of allylic oxidation sites excluding steroid dienone is 1. The first-order valence-electron chi connectivity index (χ1n) is 8.31. The third kappa shape index (κ3) is 2.42. The predicted molar refractivity (Wildman–Crippen MR) is 111 cm³/mol. The summed E-state index contributed by atoms with van der Waals surface area (Å²) in [5.74, 6) is 0.800. The first kappa shape index (κ1) is 16.1. The van der Waals surface area contributed by atoms with E-state index in [1.165, 1.54) is 4.88 Å². The van der Waals surface area contributed by atoms with Crippen molar-refractivity contribution in [3.63, 3.8) is 0 Å². The van der Waals surface area contributed by atoms with Crippen LogP contribution in [0.3, 0.4) is 0 Å². The lowest BCUT2D eigenvalue weighted by Crippen LogP contribution is -2.20. The SMILES string of the molecule is Cc1sc2nc3n(c(=O)c2c1C)CCC3=Cc1csc(-c2ccsc2)n1. The molecule has 1 aliphatic heterocycles. The summed E-state index contributed by atoms with van der Waals surface area (Å²) in [7, 11) is 0. The Bertz CT molecular complexity index is 1230. The number of thiazole rings is 1. The Balaban J connectivity index is 1.61. The number of rotatable bonds is 2. The van der Waals surface area contributed by atoms with Crippen LogP contribution >= 0.6 is 34.0 Å². The van der Waals surface area contributed by atoms with Crippen LogP contribution in [0.25, 0.3) is 32.4 Å². The van der Waals surface area contributed by atoms with Crippen molar-refractivity contribution in [2.24, 2.45) is 0 Å². The average Bonchev–Trinajstić information content (AvgIpc) is 3.38. The van der Waals surface area contributed by atoms with Crippen LogP contribution in [0.2, 0.25) is 0 Å². The molecule has 26 heavy (non-hydrogen) atoms. The second-order valence-corrected chi connectivity index (χ2v) is 9.21. The largest absolute Gasteiger partial charge is 0.292 e. The van der Waals surface area contributed by atoms with Crippen LogP contribution in [0.15, 0.2) is 27.0 Å². The highest BCUT2D eigenvalue weighted by Gasteiger charge is 2.23. The average molecular weight is 398 g/mol. The van der Waals surface area contributed by atoms with Crippen molar-refractivity contribution < 1.29 is 0 Å². The van der Waals surface area contributed by atoms with E-state index in [0.29, 0.717) is 6.54 Å². The standard InChI is InChI=1S/C19H15N3OS3/c1-10-11(2)26-18-15(10)19(23)22-5-3-12(16(22)21-18)7-14-9-25-17(20-14)13-4-6-24-8-13/h4,6-9H,3,5H2,1-2H3. The summed E-state index contributed by atoms with van der Waals surface area (Å²) < 4.78 is 1.82. The molecule has 0 fully saturated rings. The van der Waals surface area contributed by atoms with E-state index in [0.717, 1.165) is 49.9 Å². The van der Waals surface area contributed by atoms with Gasteiger partial charge in [0.2, 0.25) is 0 Å². The highest BCUT2D eigenvalue weighted by Crippen LogP contribution is 2.33. The lowest BCUT2D eigenvalue weighted by molar-refractivity contribution is 0.726. The molecule has 5 heterocycles. The van der Waals surface area contributed by atoms with Gasteiger partial charge in [-0.15, -0.1) is 22.7 Å². The molecular formula is C19H15N3OS3. The minimum Gasteiger partial charge on any atom is -0.292 e. The second kappa shape index (κ2) is 5.97. The van der Waals surface area contributed by atoms with Crippen molar-refractivity contribution in [2.45, 2.75) is 26.8 Å². The van der Waals surface area contributed by atoms with Crippen molar-refractivity contribution in [3.8, 4) is 10.6 Å². The summed E-state index contributed by atoms with van der Waals surface area (Å²) in [5, 5.41) is 8.06. The molecule has 0 saturated heterocycles. The maximum Gasteiger partial charge on any atom is 0.262 e. The fourth-order valence-electron chi connectivity index (χ4n) is 3.31. The smallest absolute Gasteiger partial charge is 0.262 e. The zero-order valence-corrected chi connectivity index (χ0v) is 16.7. The van der Waals surface area contributed by atoms with Gasteiger partial charge in [-0.05, 0) is 48.9 Å². The highest BCUT2D eigenvalue weighted by atomic mass is 32.1. The third-order valence-electron chi connectivity index (χ3n) is 4.79. The normalized spacial score (nSPS) is 15.2. The van der Waals surface area contributed by atoms with Gasteiger partial charge in [0.25, 0.3) is 5.56 Å². The first-order valence-corrected chi connectivity index (χ1v) is 11.0.